The zero-order valence-corrected chi connectivity index (χ0v) is 24.3. The number of nitrogens with zero attached hydrogens (tertiary/aromatic N) is 4. The maximum absolute atomic E-state index is 14.1. The van der Waals surface area contributed by atoms with E-state index in [4.69, 9.17) is 0 Å². The van der Waals surface area contributed by atoms with Crippen molar-refractivity contribution in [3.63, 3.8) is 0 Å². The summed E-state index contributed by atoms with van der Waals surface area (Å²) in [6, 6.07) is 46.0. The minimum atomic E-state index is -0.382. The largest absolute Gasteiger partial charge is 0.308 e. The molecule has 214 valence electrons. The van der Waals surface area contributed by atoms with Crippen LogP contribution in [0.1, 0.15) is 31.8 Å². The van der Waals surface area contributed by atoms with Crippen molar-refractivity contribution in [3.8, 4) is 40.1 Å². The van der Waals surface area contributed by atoms with Crippen LogP contribution < -0.4 is 4.90 Å². The van der Waals surface area contributed by atoms with E-state index in [2.05, 4.69) is 41.0 Å². The second-order valence-corrected chi connectivity index (χ2v) is 11.2. The summed E-state index contributed by atoms with van der Waals surface area (Å²) >= 11 is 0. The lowest BCUT2D eigenvalue weighted by atomic mass is 10.0. The van der Waals surface area contributed by atoms with Crippen molar-refractivity contribution in [3.05, 3.63) is 156 Å². The van der Waals surface area contributed by atoms with Crippen LogP contribution in [-0.2, 0) is 0 Å². The van der Waals surface area contributed by atoms with Crippen LogP contribution in [0.5, 0.6) is 0 Å². The van der Waals surface area contributed by atoms with E-state index in [1.807, 2.05) is 66.7 Å². The van der Waals surface area contributed by atoms with E-state index < -0.39 is 0 Å². The number of para-hydroxylation sites is 1. The van der Waals surface area contributed by atoms with Crippen molar-refractivity contribution in [2.45, 2.75) is 0 Å². The second-order valence-electron chi connectivity index (χ2n) is 11.2. The monoisotopic (exact) mass is 590 g/mol. The predicted molar refractivity (Wildman–Crippen MR) is 179 cm³/mol. The van der Waals surface area contributed by atoms with Crippen molar-refractivity contribution in [1.82, 2.24) is 4.57 Å². The predicted octanol–water partition coefficient (Wildman–Crippen LogP) is 8.66. The number of benzene rings is 6. The normalized spacial score (nSPS) is 12.3. The Morgan fingerprint density at radius 3 is 1.61 bits per heavy atom. The summed E-state index contributed by atoms with van der Waals surface area (Å²) in [5.74, 6) is -0.746. The first-order chi connectivity index (χ1) is 22.6. The number of rotatable bonds is 4. The molecule has 0 unspecified atom stereocenters. The quantitative estimate of drug-likeness (QED) is 0.192. The van der Waals surface area contributed by atoms with Crippen LogP contribution in [0.15, 0.2) is 133 Å². The number of fused-ring (bicyclic) bond motifs is 4. The van der Waals surface area contributed by atoms with Crippen LogP contribution >= 0.6 is 0 Å². The zero-order chi connectivity index (χ0) is 31.4. The van der Waals surface area contributed by atoms with Crippen molar-refractivity contribution in [1.29, 1.82) is 10.5 Å². The Hall–Kier alpha value is -6.76. The Balaban J connectivity index is 1.42. The molecule has 0 saturated heterocycles. The van der Waals surface area contributed by atoms with E-state index in [-0.39, 0.29) is 11.8 Å². The first kappa shape index (κ1) is 26.8. The summed E-state index contributed by atoms with van der Waals surface area (Å²) in [6.45, 7) is 0. The number of anilines is 1. The van der Waals surface area contributed by atoms with Crippen LogP contribution in [0.2, 0.25) is 0 Å². The molecule has 1 aliphatic rings. The van der Waals surface area contributed by atoms with Gasteiger partial charge in [0.05, 0.1) is 56.8 Å². The molecule has 0 bridgehead atoms. The van der Waals surface area contributed by atoms with Gasteiger partial charge in [0.1, 0.15) is 0 Å². The molecule has 0 fully saturated rings. The van der Waals surface area contributed by atoms with Gasteiger partial charge in [-0.2, -0.15) is 10.5 Å². The molecule has 0 atom stereocenters. The van der Waals surface area contributed by atoms with Crippen LogP contribution in [0.3, 0.4) is 0 Å². The number of hydrogen-bond donors (Lipinski definition) is 0. The Bertz CT molecular complexity index is 2380. The molecule has 0 aliphatic carbocycles. The molecule has 6 heteroatoms. The Kier molecular flexibility index (Phi) is 6.10. The fourth-order valence-corrected chi connectivity index (χ4v) is 6.44. The zero-order valence-electron chi connectivity index (χ0n) is 24.3. The molecule has 2 amide bonds. The topological polar surface area (TPSA) is 89.9 Å². The minimum Gasteiger partial charge on any atom is -0.308 e. The number of aromatic nitrogens is 1. The van der Waals surface area contributed by atoms with E-state index in [0.717, 1.165) is 44.1 Å². The van der Waals surface area contributed by atoms with E-state index in [1.54, 1.807) is 42.5 Å². The van der Waals surface area contributed by atoms with Gasteiger partial charge in [-0.05, 0) is 82.9 Å². The maximum Gasteiger partial charge on any atom is 0.268 e. The molecular weight excluding hydrogens is 568 g/mol. The maximum atomic E-state index is 14.1. The van der Waals surface area contributed by atoms with Gasteiger partial charge in [0.2, 0.25) is 0 Å². The van der Waals surface area contributed by atoms with E-state index in [1.165, 1.54) is 4.90 Å². The summed E-state index contributed by atoms with van der Waals surface area (Å²) in [6.07, 6.45) is 0. The second kappa shape index (κ2) is 10.4. The molecular formula is C40H22N4O2. The van der Waals surface area contributed by atoms with E-state index >= 15 is 0 Å². The molecule has 0 radical (unpaired) electrons. The SMILES string of the molecule is N#Cc1cccc(-c2ccc3c4ccc(-c5cccc(C#N)c5)cc4n(-c4cccc5c4C(=O)N(c4ccccc4)C5=O)c3c2)c1. The van der Waals surface area contributed by atoms with Gasteiger partial charge < -0.3 is 4.57 Å². The highest BCUT2D eigenvalue weighted by atomic mass is 16.2. The fraction of sp³-hybridized carbons (Fsp3) is 0. The van der Waals surface area contributed by atoms with Crippen LogP contribution in [-0.4, -0.2) is 16.4 Å². The lowest BCUT2D eigenvalue weighted by Gasteiger charge is -2.15. The van der Waals surface area contributed by atoms with Crippen LogP contribution in [0.25, 0.3) is 49.7 Å². The van der Waals surface area contributed by atoms with Gasteiger partial charge in [0.25, 0.3) is 11.8 Å². The van der Waals surface area contributed by atoms with Crippen molar-refractivity contribution < 1.29 is 9.59 Å². The highest BCUT2D eigenvalue weighted by Crippen LogP contribution is 2.40. The molecule has 0 spiro atoms. The molecule has 6 nitrogen and oxygen atoms in total. The average Bonchev–Trinajstić information content (AvgIpc) is 3.58. The molecule has 1 aromatic heterocycles. The molecule has 2 heterocycles. The van der Waals surface area contributed by atoms with Crippen molar-refractivity contribution >= 4 is 39.3 Å². The Morgan fingerprint density at radius 2 is 1.04 bits per heavy atom. The standard InChI is InChI=1S/C40H22N4O2/c41-23-25-7-4-9-27(19-25)29-15-17-32-33-18-16-30(28-10-5-8-26(20-28)24-42)22-37(33)44(36(32)21-29)35-14-6-13-34-38(35)40(46)43(39(34)45)31-11-2-1-3-12-31/h1-22H. The smallest absolute Gasteiger partial charge is 0.268 e. The lowest BCUT2D eigenvalue weighted by Crippen LogP contribution is -2.29. The van der Waals surface area contributed by atoms with Crippen molar-refractivity contribution in [2.75, 3.05) is 4.90 Å². The number of hydrogen-bond acceptors (Lipinski definition) is 4. The van der Waals surface area contributed by atoms with Gasteiger partial charge in [-0.3, -0.25) is 9.59 Å². The molecule has 0 saturated carbocycles. The summed E-state index contributed by atoms with van der Waals surface area (Å²) in [4.78, 5) is 29.1. The summed E-state index contributed by atoms with van der Waals surface area (Å²) < 4.78 is 2.05. The van der Waals surface area contributed by atoms with Crippen LogP contribution in [0.4, 0.5) is 5.69 Å². The summed E-state index contributed by atoms with van der Waals surface area (Å²) in [5, 5.41) is 21.0. The molecule has 7 aromatic rings. The first-order valence-electron chi connectivity index (χ1n) is 14.7. The lowest BCUT2D eigenvalue weighted by molar-refractivity contribution is 0.0926. The number of carbonyl (C=O) groups is 2. The number of imide groups is 1. The highest BCUT2D eigenvalue weighted by Gasteiger charge is 2.39. The third kappa shape index (κ3) is 4.10. The van der Waals surface area contributed by atoms with Gasteiger partial charge in [-0.1, -0.05) is 72.8 Å². The summed E-state index contributed by atoms with van der Waals surface area (Å²) in [5.41, 5.74) is 8.24. The van der Waals surface area contributed by atoms with Gasteiger partial charge >= 0.3 is 0 Å². The summed E-state index contributed by atoms with van der Waals surface area (Å²) in [7, 11) is 0. The fourth-order valence-electron chi connectivity index (χ4n) is 6.44. The van der Waals surface area contributed by atoms with E-state index in [0.29, 0.717) is 33.6 Å². The number of nitriles is 2. The van der Waals surface area contributed by atoms with Crippen LogP contribution in [0, 0.1) is 22.7 Å². The highest BCUT2D eigenvalue weighted by molar-refractivity contribution is 6.35. The van der Waals surface area contributed by atoms with Gasteiger partial charge in [-0.25, -0.2) is 4.90 Å². The Morgan fingerprint density at radius 1 is 0.500 bits per heavy atom. The van der Waals surface area contributed by atoms with Gasteiger partial charge in [-0.15, -0.1) is 0 Å². The molecule has 46 heavy (non-hydrogen) atoms. The molecule has 8 rings (SSSR count). The molecule has 6 aromatic carbocycles. The van der Waals surface area contributed by atoms with Crippen molar-refractivity contribution in [2.24, 2.45) is 0 Å². The first-order valence-corrected chi connectivity index (χ1v) is 14.7. The third-order valence-electron chi connectivity index (χ3n) is 8.57. The molecule has 1 aliphatic heterocycles. The number of carbonyl (C=O) groups excluding carboxylic acids is 2. The van der Waals surface area contributed by atoms with Gasteiger partial charge in [0, 0.05) is 10.8 Å². The number of amides is 2. The average molecular weight is 591 g/mol. The third-order valence-corrected chi connectivity index (χ3v) is 8.57. The Labute approximate surface area is 264 Å². The molecule has 0 N–H and O–H groups in total. The van der Waals surface area contributed by atoms with E-state index in [9.17, 15) is 20.1 Å². The minimum absolute atomic E-state index is 0.337. The van der Waals surface area contributed by atoms with Gasteiger partial charge in [0.15, 0.2) is 0 Å².